The molecule has 0 bridgehead atoms. The van der Waals surface area contributed by atoms with Gasteiger partial charge in [-0.2, -0.15) is 0 Å². The molecule has 1 aromatic carbocycles. The highest BCUT2D eigenvalue weighted by Crippen LogP contribution is 2.44. The van der Waals surface area contributed by atoms with Gasteiger partial charge in [0, 0.05) is 45.6 Å². The van der Waals surface area contributed by atoms with Crippen LogP contribution in [0.2, 0.25) is 0 Å². The van der Waals surface area contributed by atoms with Crippen molar-refractivity contribution in [2.45, 2.75) is 81.0 Å². The number of ketones is 1. The van der Waals surface area contributed by atoms with Gasteiger partial charge in [0.15, 0.2) is 12.6 Å². The van der Waals surface area contributed by atoms with Crippen molar-refractivity contribution in [1.82, 2.24) is 15.3 Å². The fourth-order valence-corrected chi connectivity index (χ4v) is 7.42. The minimum atomic E-state index is -1.51. The van der Waals surface area contributed by atoms with Gasteiger partial charge < -0.3 is 39.5 Å². The minimum Gasteiger partial charge on any atom is -0.388 e. The molecule has 8 unspecified atom stereocenters. The standard InChI is InChI=1S/C28H36IN3O7S/c1-13(2)31-19-12-37-21(11-20(19)36-4)39-24-26(34)28(40-5,14(3)38-27(24)35)25(33)23-22-17(8-9-30-23)16-7-6-15(29)10-18(16)32-22/h6-10,13-14,19-21,24,26-27,31-32,34-35H,11-12H2,1-5H3. The maximum atomic E-state index is 14.4. The van der Waals surface area contributed by atoms with Crippen LogP contribution in [0.15, 0.2) is 30.5 Å². The van der Waals surface area contributed by atoms with E-state index in [1.54, 1.807) is 26.5 Å². The number of methoxy groups -OCH3 is 1. The summed E-state index contributed by atoms with van der Waals surface area (Å²) in [6.45, 7) is 6.10. The van der Waals surface area contributed by atoms with Gasteiger partial charge in [-0.25, -0.2) is 0 Å². The number of hydrogen-bond acceptors (Lipinski definition) is 10. The third-order valence-corrected chi connectivity index (χ3v) is 9.97. The molecule has 5 rings (SSSR count). The second-order valence-corrected chi connectivity index (χ2v) is 13.0. The Bertz CT molecular complexity index is 1370. The zero-order valence-electron chi connectivity index (χ0n) is 23.1. The molecule has 218 valence electrons. The number of benzene rings is 1. The number of carbonyl (C=O) groups is 1. The molecule has 10 nitrogen and oxygen atoms in total. The van der Waals surface area contributed by atoms with Crippen LogP contribution >= 0.6 is 34.4 Å². The summed E-state index contributed by atoms with van der Waals surface area (Å²) >= 11 is 3.41. The van der Waals surface area contributed by atoms with Crippen LogP contribution in [0.5, 0.6) is 0 Å². The minimum absolute atomic E-state index is 0.0275. The summed E-state index contributed by atoms with van der Waals surface area (Å²) in [6.07, 6.45) is -2.23. The molecular weight excluding hydrogens is 649 g/mol. The lowest BCUT2D eigenvalue weighted by atomic mass is 9.83. The molecule has 0 radical (unpaired) electrons. The number of aliphatic hydroxyl groups excluding tert-OH is 2. The van der Waals surface area contributed by atoms with E-state index in [4.69, 9.17) is 18.9 Å². The molecule has 40 heavy (non-hydrogen) atoms. The normalized spacial score (nSPS) is 33.2. The topological polar surface area (TPSA) is 135 Å². The molecule has 2 aromatic heterocycles. The van der Waals surface area contributed by atoms with E-state index in [-0.39, 0.29) is 23.9 Å². The third-order valence-electron chi connectivity index (χ3n) is 7.86. The highest BCUT2D eigenvalue weighted by atomic mass is 127. The Morgan fingerprint density at radius 2 is 2.08 bits per heavy atom. The average Bonchev–Trinajstić information content (AvgIpc) is 3.29. The van der Waals surface area contributed by atoms with Gasteiger partial charge >= 0.3 is 0 Å². The van der Waals surface area contributed by atoms with Crippen molar-refractivity contribution in [3.05, 3.63) is 39.7 Å². The van der Waals surface area contributed by atoms with Gasteiger partial charge in [-0.3, -0.25) is 9.78 Å². The lowest BCUT2D eigenvalue weighted by Crippen LogP contribution is -2.68. The van der Waals surface area contributed by atoms with E-state index >= 15 is 0 Å². The maximum absolute atomic E-state index is 14.4. The molecule has 2 saturated heterocycles. The van der Waals surface area contributed by atoms with Crippen LogP contribution in [-0.4, -0.2) is 99.8 Å². The first-order chi connectivity index (χ1) is 19.1. The predicted molar refractivity (Wildman–Crippen MR) is 162 cm³/mol. The first-order valence-electron chi connectivity index (χ1n) is 13.3. The molecule has 8 atom stereocenters. The highest BCUT2D eigenvalue weighted by Gasteiger charge is 2.60. The van der Waals surface area contributed by atoms with Crippen LogP contribution in [-0.2, 0) is 18.9 Å². The molecule has 2 fully saturated rings. The van der Waals surface area contributed by atoms with Crippen LogP contribution in [0.4, 0.5) is 0 Å². The van der Waals surface area contributed by atoms with Crippen molar-refractivity contribution in [3.63, 3.8) is 0 Å². The Labute approximate surface area is 251 Å². The van der Waals surface area contributed by atoms with Crippen LogP contribution in [0, 0.1) is 3.57 Å². The Morgan fingerprint density at radius 3 is 2.77 bits per heavy atom. The van der Waals surface area contributed by atoms with Gasteiger partial charge in [0.1, 0.15) is 22.6 Å². The number of rotatable bonds is 8. The third kappa shape index (κ3) is 5.31. The molecule has 2 aliphatic rings. The van der Waals surface area contributed by atoms with E-state index in [2.05, 4.69) is 37.9 Å². The van der Waals surface area contributed by atoms with E-state index in [0.717, 1.165) is 31.6 Å². The van der Waals surface area contributed by atoms with E-state index in [1.165, 1.54) is 0 Å². The molecule has 0 spiro atoms. The number of thioether (sulfide) groups is 1. The zero-order valence-corrected chi connectivity index (χ0v) is 26.1. The van der Waals surface area contributed by atoms with Gasteiger partial charge in [0.25, 0.3) is 0 Å². The van der Waals surface area contributed by atoms with Gasteiger partial charge in [0.05, 0.1) is 30.4 Å². The Balaban J connectivity index is 1.45. The molecule has 0 aliphatic carbocycles. The molecular formula is C28H36IN3O7S. The lowest BCUT2D eigenvalue weighted by molar-refractivity contribution is -0.310. The van der Waals surface area contributed by atoms with Crippen LogP contribution in [0.25, 0.3) is 21.8 Å². The number of Topliss-reactive ketones (excluding diaryl/α,β-unsaturated/α-hetero) is 1. The molecule has 2 aliphatic heterocycles. The Morgan fingerprint density at radius 1 is 1.30 bits per heavy atom. The van der Waals surface area contributed by atoms with Crippen molar-refractivity contribution in [3.8, 4) is 0 Å². The number of fused-ring (bicyclic) bond motifs is 3. The number of pyridine rings is 1. The average molecular weight is 686 g/mol. The van der Waals surface area contributed by atoms with Crippen molar-refractivity contribution < 1.29 is 34.0 Å². The highest BCUT2D eigenvalue weighted by molar-refractivity contribution is 14.1. The quantitative estimate of drug-likeness (QED) is 0.207. The molecule has 3 aromatic rings. The molecule has 0 saturated carbocycles. The number of aliphatic hydroxyl groups is 2. The van der Waals surface area contributed by atoms with Gasteiger partial charge in [0.2, 0.25) is 5.78 Å². The number of aromatic nitrogens is 2. The fourth-order valence-electron chi connectivity index (χ4n) is 5.88. The van der Waals surface area contributed by atoms with Crippen molar-refractivity contribution in [2.75, 3.05) is 20.0 Å². The number of halogens is 1. The Kier molecular flexibility index (Phi) is 9.10. The second-order valence-electron chi connectivity index (χ2n) is 10.6. The number of carbonyl (C=O) groups excluding carboxylic acids is 1. The SMILES string of the molecule is COC1CC(OC2C(O)OC(C)C(SC)(C(=O)c3nccc4c3[nH]c3cc(I)ccc34)C2O)OCC1NC(C)C. The summed E-state index contributed by atoms with van der Waals surface area (Å²) in [5, 5.41) is 27.9. The second kappa shape index (κ2) is 12.1. The monoisotopic (exact) mass is 685 g/mol. The molecule has 0 amide bonds. The molecule has 12 heteroatoms. The summed E-state index contributed by atoms with van der Waals surface area (Å²) in [5.41, 5.74) is 1.67. The first kappa shape index (κ1) is 30.1. The van der Waals surface area contributed by atoms with Crippen molar-refractivity contribution in [2.24, 2.45) is 0 Å². The molecule has 4 heterocycles. The summed E-state index contributed by atoms with van der Waals surface area (Å²) < 4.78 is 23.2. The van der Waals surface area contributed by atoms with Gasteiger partial charge in [-0.15, -0.1) is 11.8 Å². The largest absolute Gasteiger partial charge is 0.388 e. The summed E-state index contributed by atoms with van der Waals surface area (Å²) in [4.78, 5) is 22.2. The van der Waals surface area contributed by atoms with E-state index in [0.29, 0.717) is 18.5 Å². The van der Waals surface area contributed by atoms with E-state index < -0.39 is 41.4 Å². The van der Waals surface area contributed by atoms with E-state index in [1.807, 2.05) is 38.1 Å². The van der Waals surface area contributed by atoms with Crippen LogP contribution in [0.1, 0.15) is 37.7 Å². The van der Waals surface area contributed by atoms with Crippen LogP contribution in [0.3, 0.4) is 0 Å². The number of hydrogen-bond donors (Lipinski definition) is 4. The predicted octanol–water partition coefficient (Wildman–Crippen LogP) is 3.22. The van der Waals surface area contributed by atoms with Crippen LogP contribution < -0.4 is 5.32 Å². The van der Waals surface area contributed by atoms with Crippen molar-refractivity contribution >= 4 is 61.9 Å². The number of nitrogens with zero attached hydrogens (tertiary/aromatic N) is 1. The summed E-state index contributed by atoms with van der Waals surface area (Å²) in [6, 6.07) is 8.11. The number of ether oxygens (including phenoxy) is 4. The smallest absolute Gasteiger partial charge is 0.204 e. The number of nitrogens with one attached hydrogen (secondary N) is 2. The fraction of sp³-hybridized carbons (Fsp3) is 0.571. The first-order valence-corrected chi connectivity index (χ1v) is 15.6. The lowest BCUT2D eigenvalue weighted by Gasteiger charge is -2.49. The van der Waals surface area contributed by atoms with Crippen molar-refractivity contribution in [1.29, 1.82) is 0 Å². The maximum Gasteiger partial charge on any atom is 0.204 e. The molecule has 4 N–H and O–H groups in total. The van der Waals surface area contributed by atoms with E-state index in [9.17, 15) is 15.0 Å². The number of H-pyrrole nitrogens is 1. The Hall–Kier alpha value is -1.36. The summed E-state index contributed by atoms with van der Waals surface area (Å²) in [7, 11) is 1.63. The summed E-state index contributed by atoms with van der Waals surface area (Å²) in [5.74, 6) is -0.409. The van der Waals surface area contributed by atoms with Gasteiger partial charge in [-0.1, -0.05) is 19.9 Å². The zero-order chi connectivity index (χ0) is 28.8. The van der Waals surface area contributed by atoms with Gasteiger partial charge in [-0.05, 0) is 54.0 Å². The number of aromatic amines is 1.